The Morgan fingerprint density at radius 2 is 2.00 bits per heavy atom. The molecule has 0 heterocycles. The lowest BCUT2D eigenvalue weighted by atomic mass is 10.1. The Kier molecular flexibility index (Phi) is 10.2. The van der Waals surface area contributed by atoms with E-state index >= 15 is 0 Å². The molecule has 1 amide bonds. The fourth-order valence-electron chi connectivity index (χ4n) is 1.72. The highest BCUT2D eigenvalue weighted by Crippen LogP contribution is 2.05. The van der Waals surface area contributed by atoms with Crippen LogP contribution in [0.5, 0.6) is 0 Å². The Hall–Kier alpha value is -0.610. The van der Waals surface area contributed by atoms with E-state index < -0.39 is 0 Å². The van der Waals surface area contributed by atoms with Gasteiger partial charge in [0.05, 0.1) is 6.61 Å². The van der Waals surface area contributed by atoms with Crippen molar-refractivity contribution in [3.8, 4) is 0 Å². The van der Waals surface area contributed by atoms with Crippen molar-refractivity contribution in [2.45, 2.75) is 58.4 Å². The molecule has 1 unspecified atom stereocenters. The van der Waals surface area contributed by atoms with Gasteiger partial charge in [-0.25, -0.2) is 0 Å². The van der Waals surface area contributed by atoms with E-state index in [4.69, 9.17) is 10.8 Å². The van der Waals surface area contributed by atoms with E-state index in [1.807, 2.05) is 6.92 Å². The van der Waals surface area contributed by atoms with Crippen LogP contribution in [0, 0.1) is 0 Å². The molecular formula is C13H28N2O2. The van der Waals surface area contributed by atoms with E-state index in [1.54, 1.807) is 4.90 Å². The number of hydrogen-bond donors (Lipinski definition) is 2. The number of nitrogens with zero attached hydrogens (tertiary/aromatic N) is 1. The Balaban J connectivity index is 3.89. The first-order valence-corrected chi connectivity index (χ1v) is 6.76. The second-order valence-electron chi connectivity index (χ2n) is 4.68. The van der Waals surface area contributed by atoms with Gasteiger partial charge in [-0.2, -0.15) is 0 Å². The first-order valence-electron chi connectivity index (χ1n) is 6.76. The van der Waals surface area contributed by atoms with Crippen LogP contribution in [-0.2, 0) is 4.79 Å². The van der Waals surface area contributed by atoms with Crippen molar-refractivity contribution < 1.29 is 9.90 Å². The van der Waals surface area contributed by atoms with Crippen molar-refractivity contribution in [1.29, 1.82) is 0 Å². The Morgan fingerprint density at radius 3 is 2.53 bits per heavy atom. The molecule has 0 saturated carbocycles. The number of aliphatic hydroxyl groups is 1. The average molecular weight is 244 g/mol. The van der Waals surface area contributed by atoms with Crippen molar-refractivity contribution >= 4 is 5.91 Å². The SMILES string of the molecule is CCCCCCN(CCO)C(=O)CCC(C)N. The van der Waals surface area contributed by atoms with Gasteiger partial charge in [-0.05, 0) is 19.8 Å². The standard InChI is InChI=1S/C13H28N2O2/c1-3-4-5-6-9-15(10-11-16)13(17)8-7-12(2)14/h12,16H,3-11,14H2,1-2H3. The number of rotatable bonds is 10. The summed E-state index contributed by atoms with van der Waals surface area (Å²) in [5.41, 5.74) is 5.63. The van der Waals surface area contributed by atoms with Crippen LogP contribution in [0.25, 0.3) is 0 Å². The molecule has 0 rings (SSSR count). The van der Waals surface area contributed by atoms with E-state index in [9.17, 15) is 4.79 Å². The summed E-state index contributed by atoms with van der Waals surface area (Å²) in [7, 11) is 0. The van der Waals surface area contributed by atoms with Gasteiger partial charge in [0.2, 0.25) is 5.91 Å². The van der Waals surface area contributed by atoms with Crippen LogP contribution >= 0.6 is 0 Å². The number of hydrogen-bond acceptors (Lipinski definition) is 3. The smallest absolute Gasteiger partial charge is 0.222 e. The minimum Gasteiger partial charge on any atom is -0.395 e. The van der Waals surface area contributed by atoms with Crippen molar-refractivity contribution in [3.05, 3.63) is 0 Å². The highest BCUT2D eigenvalue weighted by atomic mass is 16.3. The molecule has 0 aliphatic carbocycles. The van der Waals surface area contributed by atoms with E-state index in [-0.39, 0.29) is 18.6 Å². The van der Waals surface area contributed by atoms with Gasteiger partial charge in [0, 0.05) is 25.6 Å². The molecule has 1 atom stereocenters. The molecule has 0 radical (unpaired) electrons. The third kappa shape index (κ3) is 9.12. The van der Waals surface area contributed by atoms with Crippen LogP contribution in [0.1, 0.15) is 52.4 Å². The van der Waals surface area contributed by atoms with Gasteiger partial charge in [0.15, 0.2) is 0 Å². The summed E-state index contributed by atoms with van der Waals surface area (Å²) in [6.07, 6.45) is 5.79. The Morgan fingerprint density at radius 1 is 1.29 bits per heavy atom. The molecule has 0 aromatic carbocycles. The fraction of sp³-hybridized carbons (Fsp3) is 0.923. The second kappa shape index (κ2) is 10.5. The van der Waals surface area contributed by atoms with Crippen LogP contribution < -0.4 is 5.73 Å². The number of carbonyl (C=O) groups excluding carboxylic acids is 1. The monoisotopic (exact) mass is 244 g/mol. The molecular weight excluding hydrogens is 216 g/mol. The minimum absolute atomic E-state index is 0.0394. The zero-order valence-corrected chi connectivity index (χ0v) is 11.3. The van der Waals surface area contributed by atoms with E-state index in [0.29, 0.717) is 13.0 Å². The first kappa shape index (κ1) is 16.4. The maximum atomic E-state index is 11.9. The molecule has 0 aromatic heterocycles. The minimum atomic E-state index is 0.0394. The number of carbonyl (C=O) groups is 1. The average Bonchev–Trinajstić information content (AvgIpc) is 2.30. The molecule has 0 aromatic rings. The number of unbranched alkanes of at least 4 members (excludes halogenated alkanes) is 3. The van der Waals surface area contributed by atoms with Gasteiger partial charge in [-0.3, -0.25) is 4.79 Å². The maximum absolute atomic E-state index is 11.9. The van der Waals surface area contributed by atoms with Gasteiger partial charge in [0.25, 0.3) is 0 Å². The van der Waals surface area contributed by atoms with Crippen molar-refractivity contribution in [1.82, 2.24) is 4.90 Å². The fourth-order valence-corrected chi connectivity index (χ4v) is 1.72. The molecule has 0 aliphatic heterocycles. The quantitative estimate of drug-likeness (QED) is 0.573. The zero-order chi connectivity index (χ0) is 13.1. The zero-order valence-electron chi connectivity index (χ0n) is 11.3. The predicted octanol–water partition coefficient (Wildman–Crippen LogP) is 1.51. The molecule has 0 saturated heterocycles. The summed E-state index contributed by atoms with van der Waals surface area (Å²) in [6, 6.07) is 0.0648. The summed E-state index contributed by atoms with van der Waals surface area (Å²) in [4.78, 5) is 13.6. The van der Waals surface area contributed by atoms with Gasteiger partial charge in [-0.15, -0.1) is 0 Å². The normalized spacial score (nSPS) is 12.5. The molecule has 4 nitrogen and oxygen atoms in total. The van der Waals surface area contributed by atoms with Gasteiger partial charge < -0.3 is 15.7 Å². The van der Waals surface area contributed by atoms with Gasteiger partial charge >= 0.3 is 0 Å². The summed E-state index contributed by atoms with van der Waals surface area (Å²) in [6.45, 7) is 5.32. The van der Waals surface area contributed by atoms with E-state index in [0.717, 1.165) is 25.8 Å². The van der Waals surface area contributed by atoms with Crippen LogP contribution in [-0.4, -0.2) is 41.7 Å². The van der Waals surface area contributed by atoms with Crippen molar-refractivity contribution in [2.75, 3.05) is 19.7 Å². The second-order valence-corrected chi connectivity index (χ2v) is 4.68. The number of aliphatic hydroxyl groups excluding tert-OH is 1. The molecule has 17 heavy (non-hydrogen) atoms. The van der Waals surface area contributed by atoms with Gasteiger partial charge in [0.1, 0.15) is 0 Å². The van der Waals surface area contributed by atoms with Crippen molar-refractivity contribution in [2.24, 2.45) is 5.73 Å². The lowest BCUT2D eigenvalue weighted by Gasteiger charge is -2.22. The Bertz CT molecular complexity index is 196. The molecule has 0 spiro atoms. The van der Waals surface area contributed by atoms with E-state index in [2.05, 4.69) is 6.92 Å². The third-order valence-electron chi connectivity index (χ3n) is 2.82. The molecule has 0 aliphatic rings. The summed E-state index contributed by atoms with van der Waals surface area (Å²) in [5, 5.41) is 8.95. The first-order chi connectivity index (χ1) is 8.11. The molecule has 102 valence electrons. The Labute approximate surface area is 105 Å². The summed E-state index contributed by atoms with van der Waals surface area (Å²) in [5.74, 6) is 0.118. The van der Waals surface area contributed by atoms with Crippen LogP contribution in [0.2, 0.25) is 0 Å². The van der Waals surface area contributed by atoms with Crippen molar-refractivity contribution in [3.63, 3.8) is 0 Å². The molecule has 4 heteroatoms. The highest BCUT2D eigenvalue weighted by Gasteiger charge is 2.12. The molecule has 3 N–H and O–H groups in total. The van der Waals surface area contributed by atoms with Crippen LogP contribution in [0.4, 0.5) is 0 Å². The summed E-state index contributed by atoms with van der Waals surface area (Å²) >= 11 is 0. The summed E-state index contributed by atoms with van der Waals surface area (Å²) < 4.78 is 0. The van der Waals surface area contributed by atoms with Crippen LogP contribution in [0.15, 0.2) is 0 Å². The lowest BCUT2D eigenvalue weighted by Crippen LogP contribution is -2.35. The number of nitrogens with two attached hydrogens (primary N) is 1. The largest absolute Gasteiger partial charge is 0.395 e. The predicted molar refractivity (Wildman–Crippen MR) is 70.7 cm³/mol. The highest BCUT2D eigenvalue weighted by molar-refractivity contribution is 5.76. The third-order valence-corrected chi connectivity index (χ3v) is 2.82. The molecule has 0 fully saturated rings. The molecule has 0 bridgehead atoms. The topological polar surface area (TPSA) is 66.6 Å². The van der Waals surface area contributed by atoms with Gasteiger partial charge in [-0.1, -0.05) is 26.2 Å². The van der Waals surface area contributed by atoms with Crippen LogP contribution in [0.3, 0.4) is 0 Å². The lowest BCUT2D eigenvalue weighted by molar-refractivity contribution is -0.132. The van der Waals surface area contributed by atoms with E-state index in [1.165, 1.54) is 12.8 Å². The number of amides is 1. The maximum Gasteiger partial charge on any atom is 0.222 e.